The number of nitrogens with two attached hydrogens (primary N) is 1. The molecule has 90 valence electrons. The molecule has 0 aliphatic carbocycles. The predicted molar refractivity (Wildman–Crippen MR) is 60.6 cm³/mol. The van der Waals surface area contributed by atoms with Crippen LogP contribution in [-0.2, 0) is 9.47 Å². The summed E-state index contributed by atoms with van der Waals surface area (Å²) in [6, 6.07) is 0.0750. The summed E-state index contributed by atoms with van der Waals surface area (Å²) in [6.45, 7) is 3.91. The summed E-state index contributed by atoms with van der Waals surface area (Å²) in [5.74, 6) is 6.02. The molecule has 0 aromatic rings. The zero-order chi connectivity index (χ0) is 11.7. The molecule has 0 aliphatic heterocycles. The molecule has 0 radical (unpaired) electrons. The van der Waals surface area contributed by atoms with Crippen molar-refractivity contribution < 1.29 is 9.47 Å². The van der Waals surface area contributed by atoms with E-state index in [1.807, 2.05) is 18.9 Å². The SMILES string of the molecule is COCCN(C)C(=NC(C)COC)NN. The van der Waals surface area contributed by atoms with Crippen molar-refractivity contribution in [2.24, 2.45) is 10.8 Å². The van der Waals surface area contributed by atoms with E-state index in [0.29, 0.717) is 19.2 Å². The van der Waals surface area contributed by atoms with Gasteiger partial charge in [0.2, 0.25) is 5.96 Å². The van der Waals surface area contributed by atoms with Gasteiger partial charge in [0.1, 0.15) is 0 Å². The quantitative estimate of drug-likeness (QED) is 0.270. The number of guanidine groups is 1. The highest BCUT2D eigenvalue weighted by Gasteiger charge is 2.06. The number of hydrogen-bond donors (Lipinski definition) is 2. The smallest absolute Gasteiger partial charge is 0.208 e. The number of methoxy groups -OCH3 is 2. The van der Waals surface area contributed by atoms with Gasteiger partial charge in [-0.3, -0.25) is 5.43 Å². The van der Waals surface area contributed by atoms with Crippen LogP contribution in [0.15, 0.2) is 4.99 Å². The van der Waals surface area contributed by atoms with E-state index in [0.717, 1.165) is 6.54 Å². The van der Waals surface area contributed by atoms with Crippen molar-refractivity contribution in [2.45, 2.75) is 13.0 Å². The van der Waals surface area contributed by atoms with Gasteiger partial charge in [0.05, 0.1) is 19.3 Å². The summed E-state index contributed by atoms with van der Waals surface area (Å²) in [5, 5.41) is 0. The highest BCUT2D eigenvalue weighted by atomic mass is 16.5. The predicted octanol–water partition coefficient (Wildman–Crippen LogP) is -0.581. The first-order valence-electron chi connectivity index (χ1n) is 4.89. The van der Waals surface area contributed by atoms with Crippen LogP contribution in [0.25, 0.3) is 0 Å². The molecular weight excluding hydrogens is 196 g/mol. The Kier molecular flexibility index (Phi) is 7.98. The van der Waals surface area contributed by atoms with Crippen molar-refractivity contribution in [3.63, 3.8) is 0 Å². The maximum absolute atomic E-state index is 5.39. The first-order chi connectivity index (χ1) is 7.15. The topological polar surface area (TPSA) is 72.1 Å². The lowest BCUT2D eigenvalue weighted by Crippen LogP contribution is -2.44. The van der Waals surface area contributed by atoms with Crippen LogP contribution in [0.2, 0.25) is 0 Å². The first-order valence-corrected chi connectivity index (χ1v) is 4.89. The lowest BCUT2D eigenvalue weighted by atomic mass is 10.4. The molecule has 1 unspecified atom stereocenters. The lowest BCUT2D eigenvalue weighted by molar-refractivity contribution is 0.178. The van der Waals surface area contributed by atoms with Crippen LogP contribution < -0.4 is 11.3 Å². The van der Waals surface area contributed by atoms with E-state index in [-0.39, 0.29) is 6.04 Å². The molecular formula is C9H22N4O2. The summed E-state index contributed by atoms with van der Waals surface area (Å²) in [5.41, 5.74) is 2.56. The fourth-order valence-electron chi connectivity index (χ4n) is 1.07. The van der Waals surface area contributed by atoms with Crippen molar-refractivity contribution >= 4 is 5.96 Å². The normalized spacial score (nSPS) is 13.8. The largest absolute Gasteiger partial charge is 0.383 e. The van der Waals surface area contributed by atoms with Crippen molar-refractivity contribution in [3.8, 4) is 0 Å². The standard InChI is InChI=1S/C9H22N4O2/c1-8(7-15-4)11-9(12-10)13(2)5-6-14-3/h8H,5-7,10H2,1-4H3,(H,11,12). The zero-order valence-electron chi connectivity index (χ0n) is 9.99. The maximum atomic E-state index is 5.39. The third kappa shape index (κ3) is 6.27. The summed E-state index contributed by atoms with van der Waals surface area (Å²) in [6.07, 6.45) is 0. The highest BCUT2D eigenvalue weighted by Crippen LogP contribution is 1.93. The van der Waals surface area contributed by atoms with Gasteiger partial charge in [-0.15, -0.1) is 0 Å². The molecule has 15 heavy (non-hydrogen) atoms. The molecule has 0 saturated heterocycles. The molecule has 1 atom stereocenters. The van der Waals surface area contributed by atoms with Gasteiger partial charge < -0.3 is 14.4 Å². The summed E-state index contributed by atoms with van der Waals surface area (Å²) < 4.78 is 9.96. The van der Waals surface area contributed by atoms with Crippen molar-refractivity contribution in [1.82, 2.24) is 10.3 Å². The van der Waals surface area contributed by atoms with Crippen LogP contribution in [-0.4, -0.2) is 57.9 Å². The van der Waals surface area contributed by atoms with Gasteiger partial charge in [-0.05, 0) is 6.92 Å². The lowest BCUT2D eigenvalue weighted by Gasteiger charge is -2.21. The molecule has 0 bridgehead atoms. The van der Waals surface area contributed by atoms with Gasteiger partial charge in [-0.1, -0.05) is 0 Å². The molecule has 0 aliphatic rings. The van der Waals surface area contributed by atoms with E-state index < -0.39 is 0 Å². The second-order valence-electron chi connectivity index (χ2n) is 3.32. The number of hydrogen-bond acceptors (Lipinski definition) is 4. The monoisotopic (exact) mass is 218 g/mol. The molecule has 6 nitrogen and oxygen atoms in total. The van der Waals surface area contributed by atoms with Gasteiger partial charge in [-0.25, -0.2) is 10.8 Å². The van der Waals surface area contributed by atoms with E-state index in [2.05, 4.69) is 10.4 Å². The molecule has 0 rings (SSSR count). The number of rotatable bonds is 6. The number of nitrogens with zero attached hydrogens (tertiary/aromatic N) is 2. The van der Waals surface area contributed by atoms with E-state index >= 15 is 0 Å². The van der Waals surface area contributed by atoms with Crippen LogP contribution >= 0.6 is 0 Å². The number of nitrogens with one attached hydrogen (secondary N) is 1. The average Bonchev–Trinajstić information content (AvgIpc) is 2.22. The summed E-state index contributed by atoms with van der Waals surface area (Å²) in [7, 11) is 5.21. The Morgan fingerprint density at radius 3 is 2.60 bits per heavy atom. The first kappa shape index (κ1) is 14.2. The Bertz CT molecular complexity index is 187. The zero-order valence-corrected chi connectivity index (χ0v) is 9.99. The minimum absolute atomic E-state index is 0.0750. The van der Waals surface area contributed by atoms with Crippen LogP contribution in [0, 0.1) is 0 Å². The second-order valence-corrected chi connectivity index (χ2v) is 3.32. The molecule has 0 amide bonds. The van der Waals surface area contributed by atoms with Crippen LogP contribution in [0.5, 0.6) is 0 Å². The van der Waals surface area contributed by atoms with E-state index in [1.165, 1.54) is 0 Å². The molecule has 6 heteroatoms. The molecule has 0 fully saturated rings. The fourth-order valence-corrected chi connectivity index (χ4v) is 1.07. The van der Waals surface area contributed by atoms with Crippen LogP contribution in [0.3, 0.4) is 0 Å². The third-order valence-corrected chi connectivity index (χ3v) is 1.87. The van der Waals surface area contributed by atoms with Gasteiger partial charge in [0.25, 0.3) is 0 Å². The van der Waals surface area contributed by atoms with Gasteiger partial charge >= 0.3 is 0 Å². The van der Waals surface area contributed by atoms with E-state index in [1.54, 1.807) is 14.2 Å². The molecule has 0 aromatic heterocycles. The Hall–Kier alpha value is -0.850. The molecule has 0 aromatic carbocycles. The fraction of sp³-hybridized carbons (Fsp3) is 0.889. The van der Waals surface area contributed by atoms with Gasteiger partial charge in [0.15, 0.2) is 0 Å². The second kappa shape index (κ2) is 8.46. The van der Waals surface area contributed by atoms with Gasteiger partial charge in [0, 0.05) is 27.8 Å². The minimum atomic E-state index is 0.0750. The Balaban J connectivity index is 4.18. The minimum Gasteiger partial charge on any atom is -0.383 e. The Labute approximate surface area is 91.4 Å². The van der Waals surface area contributed by atoms with Crippen LogP contribution in [0.1, 0.15) is 6.92 Å². The van der Waals surface area contributed by atoms with Crippen molar-refractivity contribution in [1.29, 1.82) is 0 Å². The van der Waals surface area contributed by atoms with Crippen LogP contribution in [0.4, 0.5) is 0 Å². The molecule has 3 N–H and O–H groups in total. The summed E-state index contributed by atoms with van der Waals surface area (Å²) >= 11 is 0. The number of likely N-dealkylation sites (N-methyl/N-ethyl adjacent to an activating group) is 1. The van der Waals surface area contributed by atoms with E-state index in [4.69, 9.17) is 15.3 Å². The number of hydrazine groups is 1. The molecule has 0 spiro atoms. The Morgan fingerprint density at radius 1 is 1.47 bits per heavy atom. The Morgan fingerprint density at radius 2 is 2.13 bits per heavy atom. The number of ether oxygens (including phenoxy) is 2. The maximum Gasteiger partial charge on any atom is 0.208 e. The van der Waals surface area contributed by atoms with Crippen molar-refractivity contribution in [2.75, 3.05) is 41.0 Å². The third-order valence-electron chi connectivity index (χ3n) is 1.87. The highest BCUT2D eigenvalue weighted by molar-refractivity contribution is 5.79. The number of aliphatic imine (C=N–C) groups is 1. The van der Waals surface area contributed by atoms with Gasteiger partial charge in [-0.2, -0.15) is 0 Å². The van der Waals surface area contributed by atoms with E-state index in [9.17, 15) is 0 Å². The summed E-state index contributed by atoms with van der Waals surface area (Å²) in [4.78, 5) is 6.26. The average molecular weight is 218 g/mol. The molecule has 0 heterocycles. The molecule has 0 saturated carbocycles. The van der Waals surface area contributed by atoms with Crippen molar-refractivity contribution in [3.05, 3.63) is 0 Å².